The Bertz CT molecular complexity index is 897. The molecule has 1 fully saturated rings. The van der Waals surface area contributed by atoms with Gasteiger partial charge >= 0.3 is 12.1 Å². The van der Waals surface area contributed by atoms with Crippen LogP contribution in [0.1, 0.15) is 22.8 Å². The van der Waals surface area contributed by atoms with Crippen molar-refractivity contribution < 1.29 is 19.1 Å². The molecular weight excluding hydrogens is 360 g/mol. The van der Waals surface area contributed by atoms with Crippen molar-refractivity contribution in [3.8, 4) is 0 Å². The number of nitrogens with zero attached hydrogens (tertiary/aromatic N) is 1. The SMILES string of the molecule is COC(=O)c1cccc(NC(C)C2CN(c3ccc(C(=N)N)cc3)C(=O)O2)c1. The summed E-state index contributed by atoms with van der Waals surface area (Å²) in [6.07, 6.45) is -0.806. The molecule has 2 aromatic rings. The van der Waals surface area contributed by atoms with E-state index in [0.29, 0.717) is 23.4 Å². The number of methoxy groups -OCH3 is 1. The zero-order valence-electron chi connectivity index (χ0n) is 15.6. The standard InChI is InChI=1S/C20H22N4O4/c1-12(23-15-5-3-4-14(10-15)19(25)27-2)17-11-24(20(26)28-17)16-8-6-13(7-9-16)18(21)22/h3-10,12,17,23H,11H2,1-2H3,(H3,21,22). The molecule has 1 amide bonds. The number of esters is 1. The van der Waals surface area contributed by atoms with Gasteiger partial charge in [-0.2, -0.15) is 0 Å². The molecule has 0 bridgehead atoms. The van der Waals surface area contributed by atoms with Gasteiger partial charge in [-0.1, -0.05) is 6.07 Å². The predicted molar refractivity (Wildman–Crippen MR) is 106 cm³/mol. The van der Waals surface area contributed by atoms with Crippen LogP contribution in [0, 0.1) is 5.41 Å². The monoisotopic (exact) mass is 382 g/mol. The smallest absolute Gasteiger partial charge is 0.414 e. The molecule has 2 atom stereocenters. The molecule has 2 aromatic carbocycles. The van der Waals surface area contributed by atoms with Gasteiger partial charge in [0, 0.05) is 16.9 Å². The second kappa shape index (κ2) is 7.99. The van der Waals surface area contributed by atoms with Crippen LogP contribution in [0.4, 0.5) is 16.2 Å². The van der Waals surface area contributed by atoms with Crippen LogP contribution in [0.2, 0.25) is 0 Å². The van der Waals surface area contributed by atoms with Crippen LogP contribution in [-0.4, -0.2) is 43.7 Å². The maximum absolute atomic E-state index is 12.3. The molecule has 3 rings (SSSR count). The highest BCUT2D eigenvalue weighted by Gasteiger charge is 2.35. The molecule has 0 radical (unpaired) electrons. The highest BCUT2D eigenvalue weighted by atomic mass is 16.6. The molecule has 28 heavy (non-hydrogen) atoms. The van der Waals surface area contributed by atoms with Gasteiger partial charge in [-0.05, 0) is 49.4 Å². The van der Waals surface area contributed by atoms with E-state index in [0.717, 1.165) is 5.69 Å². The van der Waals surface area contributed by atoms with E-state index >= 15 is 0 Å². The summed E-state index contributed by atoms with van der Waals surface area (Å²) >= 11 is 0. The molecule has 0 saturated carbocycles. The number of amidine groups is 1. The first kappa shape index (κ1) is 19.2. The molecule has 1 aliphatic heterocycles. The summed E-state index contributed by atoms with van der Waals surface area (Å²) in [6, 6.07) is 13.6. The topological polar surface area (TPSA) is 118 Å². The van der Waals surface area contributed by atoms with Crippen molar-refractivity contribution in [3.05, 3.63) is 59.7 Å². The number of hydrogen-bond acceptors (Lipinski definition) is 6. The number of ether oxygens (including phenoxy) is 2. The lowest BCUT2D eigenvalue weighted by Gasteiger charge is -2.20. The number of carbonyl (C=O) groups is 2. The summed E-state index contributed by atoms with van der Waals surface area (Å²) in [6.45, 7) is 2.29. The maximum atomic E-state index is 12.3. The number of amides is 1. The Morgan fingerprint density at radius 2 is 2.00 bits per heavy atom. The molecular formula is C20H22N4O4. The van der Waals surface area contributed by atoms with E-state index in [1.807, 2.05) is 13.0 Å². The predicted octanol–water partition coefficient (Wildman–Crippen LogP) is 2.58. The van der Waals surface area contributed by atoms with Crippen molar-refractivity contribution in [3.63, 3.8) is 0 Å². The minimum absolute atomic E-state index is 0.0274. The van der Waals surface area contributed by atoms with Gasteiger partial charge in [-0.25, -0.2) is 9.59 Å². The number of benzene rings is 2. The third-order valence-electron chi connectivity index (χ3n) is 4.56. The minimum atomic E-state index is -0.433. The average molecular weight is 382 g/mol. The van der Waals surface area contributed by atoms with Crippen LogP contribution in [-0.2, 0) is 9.47 Å². The number of anilines is 2. The molecule has 1 saturated heterocycles. The molecule has 2 unspecified atom stereocenters. The van der Waals surface area contributed by atoms with E-state index in [9.17, 15) is 9.59 Å². The van der Waals surface area contributed by atoms with E-state index in [2.05, 4.69) is 5.32 Å². The number of nitrogens with one attached hydrogen (secondary N) is 2. The van der Waals surface area contributed by atoms with E-state index in [4.69, 9.17) is 20.6 Å². The van der Waals surface area contributed by atoms with Gasteiger partial charge in [0.05, 0.1) is 25.3 Å². The number of hydrogen-bond donors (Lipinski definition) is 3. The van der Waals surface area contributed by atoms with Crippen molar-refractivity contribution in [2.24, 2.45) is 5.73 Å². The number of rotatable bonds is 6. The fraction of sp³-hybridized carbons (Fsp3) is 0.250. The summed E-state index contributed by atoms with van der Waals surface area (Å²) < 4.78 is 10.2. The Balaban J connectivity index is 1.67. The normalized spacial score (nSPS) is 17.0. The molecule has 4 N–H and O–H groups in total. The van der Waals surface area contributed by atoms with E-state index in [-0.39, 0.29) is 18.0 Å². The number of nitrogen functional groups attached to an aromatic ring is 1. The Morgan fingerprint density at radius 3 is 2.64 bits per heavy atom. The second-order valence-electron chi connectivity index (χ2n) is 6.50. The summed E-state index contributed by atoms with van der Waals surface area (Å²) in [7, 11) is 1.33. The first-order valence-electron chi connectivity index (χ1n) is 8.76. The van der Waals surface area contributed by atoms with Crippen LogP contribution in [0.25, 0.3) is 0 Å². The largest absolute Gasteiger partial charge is 0.465 e. The second-order valence-corrected chi connectivity index (χ2v) is 6.50. The molecule has 146 valence electrons. The molecule has 8 nitrogen and oxygen atoms in total. The van der Waals surface area contributed by atoms with Crippen LogP contribution >= 0.6 is 0 Å². The van der Waals surface area contributed by atoms with Gasteiger partial charge < -0.3 is 20.5 Å². The lowest BCUT2D eigenvalue weighted by molar-refractivity contribution is 0.0600. The zero-order valence-corrected chi connectivity index (χ0v) is 15.6. The molecule has 1 aliphatic rings. The van der Waals surface area contributed by atoms with E-state index in [1.54, 1.807) is 42.5 Å². The van der Waals surface area contributed by atoms with Crippen LogP contribution in [0.3, 0.4) is 0 Å². The summed E-state index contributed by atoms with van der Waals surface area (Å²) in [5, 5.41) is 10.7. The van der Waals surface area contributed by atoms with Crippen molar-refractivity contribution in [1.29, 1.82) is 5.41 Å². The minimum Gasteiger partial charge on any atom is -0.465 e. The first-order valence-corrected chi connectivity index (χ1v) is 8.76. The lowest BCUT2D eigenvalue weighted by atomic mass is 10.1. The summed E-state index contributed by atoms with van der Waals surface area (Å²) in [5.74, 6) is -0.441. The highest BCUT2D eigenvalue weighted by molar-refractivity contribution is 5.96. The van der Waals surface area contributed by atoms with Crippen molar-refractivity contribution in [1.82, 2.24) is 0 Å². The molecule has 8 heteroatoms. The maximum Gasteiger partial charge on any atom is 0.414 e. The third kappa shape index (κ3) is 4.06. The fourth-order valence-corrected chi connectivity index (χ4v) is 2.99. The fourth-order valence-electron chi connectivity index (χ4n) is 2.99. The molecule has 0 spiro atoms. The lowest BCUT2D eigenvalue weighted by Crippen LogP contribution is -2.34. The Kier molecular flexibility index (Phi) is 5.49. The van der Waals surface area contributed by atoms with Gasteiger partial charge in [0.2, 0.25) is 0 Å². The average Bonchev–Trinajstić information content (AvgIpc) is 3.09. The van der Waals surface area contributed by atoms with Gasteiger partial charge in [0.25, 0.3) is 0 Å². The van der Waals surface area contributed by atoms with Crippen LogP contribution < -0.4 is 16.0 Å². The van der Waals surface area contributed by atoms with Crippen LogP contribution in [0.15, 0.2) is 48.5 Å². The van der Waals surface area contributed by atoms with Gasteiger partial charge in [0.1, 0.15) is 11.9 Å². The van der Waals surface area contributed by atoms with Crippen molar-refractivity contribution >= 4 is 29.3 Å². The summed E-state index contributed by atoms with van der Waals surface area (Å²) in [4.78, 5) is 25.5. The van der Waals surface area contributed by atoms with Gasteiger partial charge in [-0.15, -0.1) is 0 Å². The number of cyclic esters (lactones) is 1. The van der Waals surface area contributed by atoms with E-state index < -0.39 is 12.1 Å². The van der Waals surface area contributed by atoms with Crippen molar-refractivity contribution in [2.45, 2.75) is 19.1 Å². The molecule has 0 aromatic heterocycles. The number of nitrogens with two attached hydrogens (primary N) is 1. The molecule has 1 heterocycles. The Hall–Kier alpha value is -3.55. The zero-order chi connectivity index (χ0) is 20.3. The first-order chi connectivity index (χ1) is 13.4. The quantitative estimate of drug-likeness (QED) is 0.401. The van der Waals surface area contributed by atoms with E-state index in [1.165, 1.54) is 12.0 Å². The summed E-state index contributed by atoms with van der Waals surface area (Å²) in [5.41, 5.74) is 7.90. The third-order valence-corrected chi connectivity index (χ3v) is 4.56. The van der Waals surface area contributed by atoms with Crippen molar-refractivity contribution in [2.75, 3.05) is 23.9 Å². The van der Waals surface area contributed by atoms with Gasteiger partial charge in [-0.3, -0.25) is 10.3 Å². The highest BCUT2D eigenvalue weighted by Crippen LogP contribution is 2.25. The molecule has 0 aliphatic carbocycles. The van der Waals surface area contributed by atoms with Gasteiger partial charge in [0.15, 0.2) is 0 Å². The Morgan fingerprint density at radius 1 is 1.29 bits per heavy atom. The Labute approximate surface area is 162 Å². The number of carbonyl (C=O) groups excluding carboxylic acids is 2. The van der Waals surface area contributed by atoms with Crippen LogP contribution in [0.5, 0.6) is 0 Å².